The number of carbonyl (C=O) groups is 2. The molecule has 1 aliphatic rings. The standard InChI is InChI=1S/C18H23NO4/c1-17(2,3)23-16(22)19-12-6-8-13-7-4-5-9-14(13)18(10-11-18)15(20)21/h4-9H,10-12H2,1-3H3,(H,19,22)(H,20,21). The van der Waals surface area contributed by atoms with E-state index in [1.54, 1.807) is 26.8 Å². The summed E-state index contributed by atoms with van der Waals surface area (Å²) in [6.45, 7) is 5.74. The zero-order valence-corrected chi connectivity index (χ0v) is 13.8. The Bertz CT molecular complexity index is 624. The van der Waals surface area contributed by atoms with Gasteiger partial charge in [0, 0.05) is 6.54 Å². The van der Waals surface area contributed by atoms with Gasteiger partial charge in [-0.15, -0.1) is 0 Å². The lowest BCUT2D eigenvalue weighted by Gasteiger charge is -2.19. The van der Waals surface area contributed by atoms with Gasteiger partial charge in [0.25, 0.3) is 0 Å². The average molecular weight is 317 g/mol. The molecule has 0 saturated heterocycles. The lowest BCUT2D eigenvalue weighted by atomic mass is 9.91. The quantitative estimate of drug-likeness (QED) is 0.873. The van der Waals surface area contributed by atoms with E-state index in [0.29, 0.717) is 19.4 Å². The predicted octanol–water partition coefficient (Wildman–Crippen LogP) is 3.34. The third-order valence-corrected chi connectivity index (χ3v) is 3.70. The molecule has 0 heterocycles. The SMILES string of the molecule is CC(C)(C)OC(=O)NCC=Cc1ccccc1C1(C(=O)O)CC1. The molecule has 1 aromatic rings. The van der Waals surface area contributed by atoms with E-state index in [4.69, 9.17) is 4.74 Å². The molecule has 0 aromatic heterocycles. The smallest absolute Gasteiger partial charge is 0.407 e. The maximum atomic E-state index is 11.6. The number of ether oxygens (including phenoxy) is 1. The van der Waals surface area contributed by atoms with Crippen LogP contribution in [-0.2, 0) is 14.9 Å². The number of rotatable bonds is 5. The Morgan fingerprint density at radius 2 is 1.96 bits per heavy atom. The average Bonchev–Trinajstić information content (AvgIpc) is 3.24. The highest BCUT2D eigenvalue weighted by molar-refractivity contribution is 5.86. The third-order valence-electron chi connectivity index (χ3n) is 3.70. The van der Waals surface area contributed by atoms with E-state index in [1.165, 1.54) is 0 Å². The van der Waals surface area contributed by atoms with Gasteiger partial charge in [-0.3, -0.25) is 4.79 Å². The molecule has 1 aliphatic carbocycles. The van der Waals surface area contributed by atoms with E-state index in [9.17, 15) is 14.7 Å². The van der Waals surface area contributed by atoms with Crippen molar-refractivity contribution >= 4 is 18.1 Å². The van der Waals surface area contributed by atoms with E-state index >= 15 is 0 Å². The minimum absolute atomic E-state index is 0.323. The molecule has 2 rings (SSSR count). The van der Waals surface area contributed by atoms with Crippen LogP contribution in [0.1, 0.15) is 44.7 Å². The number of carbonyl (C=O) groups excluding carboxylic acids is 1. The summed E-state index contributed by atoms with van der Waals surface area (Å²) in [4.78, 5) is 23.0. The summed E-state index contributed by atoms with van der Waals surface area (Å²) in [6.07, 6.45) is 4.50. The van der Waals surface area contributed by atoms with Crippen LogP contribution in [0.15, 0.2) is 30.3 Å². The first-order chi connectivity index (χ1) is 10.7. The van der Waals surface area contributed by atoms with Crippen LogP contribution in [0.25, 0.3) is 6.08 Å². The molecule has 1 aromatic carbocycles. The van der Waals surface area contributed by atoms with E-state index in [2.05, 4.69) is 5.32 Å². The molecular formula is C18H23NO4. The van der Waals surface area contributed by atoms with Crippen molar-refractivity contribution in [3.8, 4) is 0 Å². The van der Waals surface area contributed by atoms with Crippen molar-refractivity contribution in [2.45, 2.75) is 44.6 Å². The van der Waals surface area contributed by atoms with Gasteiger partial charge in [-0.25, -0.2) is 4.79 Å². The van der Waals surface area contributed by atoms with Crippen LogP contribution >= 0.6 is 0 Å². The molecule has 1 saturated carbocycles. The summed E-state index contributed by atoms with van der Waals surface area (Å²) in [5, 5.41) is 12.1. The highest BCUT2D eigenvalue weighted by Gasteiger charge is 2.52. The summed E-state index contributed by atoms with van der Waals surface area (Å²) in [5.74, 6) is -0.773. The van der Waals surface area contributed by atoms with Gasteiger partial charge in [-0.2, -0.15) is 0 Å². The molecule has 0 spiro atoms. The molecule has 23 heavy (non-hydrogen) atoms. The zero-order valence-electron chi connectivity index (χ0n) is 13.8. The molecular weight excluding hydrogens is 294 g/mol. The number of aliphatic carboxylic acids is 1. The van der Waals surface area contributed by atoms with Gasteiger partial charge >= 0.3 is 12.1 Å². The van der Waals surface area contributed by atoms with Crippen molar-refractivity contribution < 1.29 is 19.4 Å². The molecule has 0 aliphatic heterocycles. The number of alkyl carbamates (subject to hydrolysis) is 1. The Morgan fingerprint density at radius 1 is 1.30 bits per heavy atom. The third kappa shape index (κ3) is 4.34. The van der Waals surface area contributed by atoms with Crippen LogP contribution in [0.4, 0.5) is 4.79 Å². The topological polar surface area (TPSA) is 75.6 Å². The van der Waals surface area contributed by atoms with Crippen molar-refractivity contribution in [2.24, 2.45) is 0 Å². The molecule has 0 unspecified atom stereocenters. The van der Waals surface area contributed by atoms with Crippen molar-refractivity contribution in [1.82, 2.24) is 5.32 Å². The van der Waals surface area contributed by atoms with Gasteiger partial charge in [0.1, 0.15) is 5.60 Å². The van der Waals surface area contributed by atoms with Gasteiger partial charge < -0.3 is 15.2 Å². The molecule has 5 heteroatoms. The fraction of sp³-hybridized carbons (Fsp3) is 0.444. The summed E-state index contributed by atoms with van der Waals surface area (Å²) >= 11 is 0. The van der Waals surface area contributed by atoms with Crippen LogP contribution in [-0.4, -0.2) is 29.3 Å². The predicted molar refractivity (Wildman–Crippen MR) is 88.3 cm³/mol. The van der Waals surface area contributed by atoms with Crippen molar-refractivity contribution in [3.05, 3.63) is 41.5 Å². The molecule has 5 nitrogen and oxygen atoms in total. The second kappa shape index (κ2) is 6.44. The summed E-state index contributed by atoms with van der Waals surface area (Å²) in [5.41, 5.74) is 0.444. The normalized spacial score (nSPS) is 16.1. The maximum absolute atomic E-state index is 11.6. The molecule has 124 valence electrons. The highest BCUT2D eigenvalue weighted by atomic mass is 16.6. The number of amides is 1. The van der Waals surface area contributed by atoms with Crippen molar-refractivity contribution in [3.63, 3.8) is 0 Å². The van der Waals surface area contributed by atoms with Crippen molar-refractivity contribution in [1.29, 1.82) is 0 Å². The first kappa shape index (κ1) is 17.1. The molecule has 0 atom stereocenters. The molecule has 2 N–H and O–H groups in total. The summed E-state index contributed by atoms with van der Waals surface area (Å²) in [6, 6.07) is 7.49. The number of hydrogen-bond acceptors (Lipinski definition) is 3. The lowest BCUT2D eigenvalue weighted by Crippen LogP contribution is -2.32. The largest absolute Gasteiger partial charge is 0.481 e. The van der Waals surface area contributed by atoms with Gasteiger partial charge in [0.2, 0.25) is 0 Å². The number of benzene rings is 1. The van der Waals surface area contributed by atoms with Crippen molar-refractivity contribution in [2.75, 3.05) is 6.54 Å². The van der Waals surface area contributed by atoms with Crippen LogP contribution < -0.4 is 5.32 Å². The van der Waals surface area contributed by atoms with Gasteiger partial charge in [0.05, 0.1) is 5.41 Å². The Hall–Kier alpha value is -2.30. The van der Waals surface area contributed by atoms with Gasteiger partial charge in [-0.1, -0.05) is 36.4 Å². The fourth-order valence-corrected chi connectivity index (χ4v) is 2.44. The summed E-state index contributed by atoms with van der Waals surface area (Å²) in [7, 11) is 0. The molecule has 0 radical (unpaired) electrons. The molecule has 1 fully saturated rings. The Kier molecular flexibility index (Phi) is 4.78. The monoisotopic (exact) mass is 317 g/mol. The van der Waals surface area contributed by atoms with E-state index in [0.717, 1.165) is 11.1 Å². The highest BCUT2D eigenvalue weighted by Crippen LogP contribution is 2.49. The van der Waals surface area contributed by atoms with Gasteiger partial charge in [-0.05, 0) is 44.7 Å². The second-order valence-electron chi connectivity index (χ2n) is 6.76. The van der Waals surface area contributed by atoms with Crippen LogP contribution in [0.3, 0.4) is 0 Å². The zero-order chi connectivity index (χ0) is 17.1. The molecule has 0 bridgehead atoms. The maximum Gasteiger partial charge on any atom is 0.407 e. The first-order valence-corrected chi connectivity index (χ1v) is 7.71. The van der Waals surface area contributed by atoms with E-state index < -0.39 is 23.1 Å². The lowest BCUT2D eigenvalue weighted by molar-refractivity contribution is -0.140. The minimum Gasteiger partial charge on any atom is -0.481 e. The Morgan fingerprint density at radius 3 is 2.52 bits per heavy atom. The van der Waals surface area contributed by atoms with Crippen LogP contribution in [0.2, 0.25) is 0 Å². The minimum atomic E-state index is -0.773. The number of carboxylic acid groups (broad SMARTS) is 1. The van der Waals surface area contributed by atoms with E-state index in [-0.39, 0.29) is 0 Å². The Labute approximate surface area is 136 Å². The number of nitrogens with one attached hydrogen (secondary N) is 1. The number of carboxylic acids is 1. The fourth-order valence-electron chi connectivity index (χ4n) is 2.44. The van der Waals surface area contributed by atoms with Gasteiger partial charge in [0.15, 0.2) is 0 Å². The van der Waals surface area contributed by atoms with Crippen LogP contribution in [0.5, 0.6) is 0 Å². The Balaban J connectivity index is 1.99. The number of hydrogen-bond donors (Lipinski definition) is 2. The molecule has 1 amide bonds. The second-order valence-corrected chi connectivity index (χ2v) is 6.76. The summed E-state index contributed by atoms with van der Waals surface area (Å²) < 4.78 is 5.15. The van der Waals surface area contributed by atoms with E-state index in [1.807, 2.05) is 30.3 Å². The van der Waals surface area contributed by atoms with Crippen LogP contribution in [0, 0.1) is 0 Å². The first-order valence-electron chi connectivity index (χ1n) is 7.71.